The van der Waals surface area contributed by atoms with Gasteiger partial charge in [0.05, 0.1) is 0 Å². The van der Waals surface area contributed by atoms with E-state index in [0.29, 0.717) is 0 Å². The van der Waals surface area contributed by atoms with E-state index in [2.05, 4.69) is 9.26 Å². The van der Waals surface area contributed by atoms with Crippen LogP contribution in [0.15, 0.2) is 0 Å². The first-order chi connectivity index (χ1) is 5.52. The SMILES string of the molecule is COC(C)(OP(=O)(O)O)C(Cl)(Cl)Cl. The Balaban J connectivity index is 4.77. The number of rotatable bonds is 3. The molecule has 9 heteroatoms. The average Bonchev–Trinajstić information content (AvgIpc) is 1.81. The minimum Gasteiger partial charge on any atom is -0.349 e. The highest BCUT2D eigenvalue weighted by atomic mass is 35.6. The first-order valence-corrected chi connectivity index (χ1v) is 5.56. The molecule has 0 aliphatic carbocycles. The van der Waals surface area contributed by atoms with Crippen LogP contribution < -0.4 is 0 Å². The Morgan fingerprint density at radius 1 is 1.31 bits per heavy atom. The van der Waals surface area contributed by atoms with Crippen molar-refractivity contribution < 1.29 is 23.6 Å². The van der Waals surface area contributed by atoms with E-state index in [1.165, 1.54) is 0 Å². The highest BCUT2D eigenvalue weighted by Crippen LogP contribution is 2.50. The van der Waals surface area contributed by atoms with Gasteiger partial charge in [-0.3, -0.25) is 0 Å². The van der Waals surface area contributed by atoms with Crippen LogP contribution in [0.5, 0.6) is 0 Å². The fraction of sp³-hybridized carbons (Fsp3) is 1.00. The molecule has 5 nitrogen and oxygen atoms in total. The maximum absolute atomic E-state index is 10.5. The Morgan fingerprint density at radius 3 is 1.77 bits per heavy atom. The smallest absolute Gasteiger partial charge is 0.349 e. The molecule has 1 unspecified atom stereocenters. The van der Waals surface area contributed by atoms with Crippen LogP contribution in [-0.4, -0.2) is 26.5 Å². The van der Waals surface area contributed by atoms with E-state index < -0.39 is 17.4 Å². The van der Waals surface area contributed by atoms with E-state index in [1.807, 2.05) is 0 Å². The van der Waals surface area contributed by atoms with Crippen LogP contribution >= 0.6 is 42.6 Å². The van der Waals surface area contributed by atoms with Gasteiger partial charge >= 0.3 is 7.82 Å². The maximum atomic E-state index is 10.5. The van der Waals surface area contributed by atoms with Gasteiger partial charge in [-0.15, -0.1) is 0 Å². The summed E-state index contributed by atoms with van der Waals surface area (Å²) in [5.41, 5.74) is 0. The summed E-state index contributed by atoms with van der Waals surface area (Å²) >= 11 is 16.2. The molecule has 0 fully saturated rings. The standard InChI is InChI=1S/C4H8Cl3O5P/c1-3(11-2,4(5,6)7)12-13(8,9)10/h1-2H3,(H2,8,9,10). The van der Waals surface area contributed by atoms with Crippen LogP contribution in [0.25, 0.3) is 0 Å². The Morgan fingerprint density at radius 2 is 1.69 bits per heavy atom. The summed E-state index contributed by atoms with van der Waals surface area (Å²) in [6.07, 6.45) is 0. The zero-order chi connectivity index (χ0) is 10.9. The number of phosphoric acid groups is 1. The summed E-state index contributed by atoms with van der Waals surface area (Å²) in [7, 11) is -3.68. The summed E-state index contributed by atoms with van der Waals surface area (Å²) in [5.74, 6) is -2.00. The predicted octanol–water partition coefficient (Wildman–Crippen LogP) is 1.83. The predicted molar refractivity (Wildman–Crippen MR) is 48.8 cm³/mol. The summed E-state index contributed by atoms with van der Waals surface area (Å²) in [6.45, 7) is 1.10. The van der Waals surface area contributed by atoms with E-state index in [4.69, 9.17) is 44.6 Å². The molecular formula is C4H8Cl3O5P. The zero-order valence-electron chi connectivity index (χ0n) is 6.70. The number of methoxy groups -OCH3 is 1. The first-order valence-electron chi connectivity index (χ1n) is 2.90. The van der Waals surface area contributed by atoms with Gasteiger partial charge in [0.15, 0.2) is 0 Å². The highest BCUT2D eigenvalue weighted by Gasteiger charge is 2.50. The second kappa shape index (κ2) is 4.21. The number of alkyl halides is 3. The first kappa shape index (κ1) is 13.9. The molecule has 0 radical (unpaired) electrons. The molecule has 0 heterocycles. The van der Waals surface area contributed by atoms with Gasteiger partial charge in [-0.05, 0) is 6.92 Å². The van der Waals surface area contributed by atoms with Crippen molar-refractivity contribution in [1.29, 1.82) is 0 Å². The summed E-state index contributed by atoms with van der Waals surface area (Å²) in [6, 6.07) is 0. The number of hydrogen-bond acceptors (Lipinski definition) is 3. The van der Waals surface area contributed by atoms with Crippen molar-refractivity contribution in [2.45, 2.75) is 16.5 Å². The molecule has 0 amide bonds. The quantitative estimate of drug-likeness (QED) is 0.466. The molecule has 0 saturated carbocycles. The van der Waals surface area contributed by atoms with Crippen molar-refractivity contribution in [2.24, 2.45) is 0 Å². The number of hydrogen-bond donors (Lipinski definition) is 2. The van der Waals surface area contributed by atoms with Crippen LogP contribution in [0.4, 0.5) is 0 Å². The molecule has 0 saturated heterocycles. The van der Waals surface area contributed by atoms with E-state index >= 15 is 0 Å². The van der Waals surface area contributed by atoms with Gasteiger partial charge in [-0.1, -0.05) is 34.8 Å². The lowest BCUT2D eigenvalue weighted by Crippen LogP contribution is -2.43. The minimum absolute atomic E-state index is 1.09. The lowest BCUT2D eigenvalue weighted by atomic mass is 10.4. The average molecular weight is 273 g/mol. The molecule has 0 aliphatic heterocycles. The largest absolute Gasteiger partial charge is 0.472 e. The van der Waals surface area contributed by atoms with Crippen molar-refractivity contribution in [3.8, 4) is 0 Å². The van der Waals surface area contributed by atoms with Gasteiger partial charge < -0.3 is 14.5 Å². The van der Waals surface area contributed by atoms with Crippen LogP contribution in [0.1, 0.15) is 6.92 Å². The fourth-order valence-electron chi connectivity index (χ4n) is 0.432. The molecule has 0 aliphatic rings. The maximum Gasteiger partial charge on any atom is 0.472 e. The van der Waals surface area contributed by atoms with Gasteiger partial charge in [0, 0.05) is 7.11 Å². The summed E-state index contributed by atoms with van der Waals surface area (Å²) in [4.78, 5) is 17.0. The normalized spacial score (nSPS) is 18.4. The van der Waals surface area contributed by atoms with Gasteiger partial charge in [-0.25, -0.2) is 9.09 Å². The van der Waals surface area contributed by atoms with Crippen LogP contribution in [-0.2, 0) is 13.8 Å². The second-order valence-corrected chi connectivity index (χ2v) is 5.67. The van der Waals surface area contributed by atoms with Crippen molar-refractivity contribution in [1.82, 2.24) is 0 Å². The monoisotopic (exact) mass is 272 g/mol. The van der Waals surface area contributed by atoms with Crippen molar-refractivity contribution in [3.63, 3.8) is 0 Å². The molecule has 2 N–H and O–H groups in total. The zero-order valence-corrected chi connectivity index (χ0v) is 9.86. The van der Waals surface area contributed by atoms with Crippen LogP contribution in [0.2, 0.25) is 0 Å². The molecule has 0 aromatic rings. The van der Waals surface area contributed by atoms with E-state index in [-0.39, 0.29) is 0 Å². The Kier molecular flexibility index (Phi) is 4.51. The van der Waals surface area contributed by atoms with E-state index in [1.54, 1.807) is 0 Å². The van der Waals surface area contributed by atoms with Gasteiger partial charge in [-0.2, -0.15) is 0 Å². The van der Waals surface area contributed by atoms with Crippen LogP contribution in [0, 0.1) is 0 Å². The Bertz CT molecular complexity index is 222. The second-order valence-electron chi connectivity index (χ2n) is 2.23. The lowest BCUT2D eigenvalue weighted by molar-refractivity contribution is -0.156. The lowest BCUT2D eigenvalue weighted by Gasteiger charge is -2.33. The Labute approximate surface area is 90.1 Å². The summed E-state index contributed by atoms with van der Waals surface area (Å²) < 4.78 is 17.1. The summed E-state index contributed by atoms with van der Waals surface area (Å²) in [5, 5.41) is 0. The highest BCUT2D eigenvalue weighted by molar-refractivity contribution is 7.46. The van der Waals surface area contributed by atoms with E-state index in [9.17, 15) is 4.57 Å². The molecule has 0 aromatic heterocycles. The molecule has 80 valence electrons. The van der Waals surface area contributed by atoms with Crippen molar-refractivity contribution >= 4 is 42.6 Å². The van der Waals surface area contributed by atoms with Gasteiger partial charge in [0.1, 0.15) is 0 Å². The Hall–Kier alpha value is 0.940. The van der Waals surface area contributed by atoms with Crippen molar-refractivity contribution in [2.75, 3.05) is 7.11 Å². The third-order valence-corrected chi connectivity index (χ3v) is 2.81. The molecule has 0 bridgehead atoms. The van der Waals surface area contributed by atoms with Crippen LogP contribution in [0.3, 0.4) is 0 Å². The number of phosphoric ester groups is 1. The topological polar surface area (TPSA) is 76.0 Å². The van der Waals surface area contributed by atoms with E-state index in [0.717, 1.165) is 14.0 Å². The molecular weight excluding hydrogens is 265 g/mol. The third kappa shape index (κ3) is 4.32. The minimum atomic E-state index is -4.78. The number of halogens is 3. The van der Waals surface area contributed by atoms with Crippen molar-refractivity contribution in [3.05, 3.63) is 0 Å². The number of ether oxygens (including phenoxy) is 1. The third-order valence-electron chi connectivity index (χ3n) is 1.20. The molecule has 0 spiro atoms. The molecule has 0 rings (SSSR count). The van der Waals surface area contributed by atoms with Gasteiger partial charge in [0.25, 0.3) is 0 Å². The molecule has 0 aromatic carbocycles. The van der Waals surface area contributed by atoms with Gasteiger partial charge in [0.2, 0.25) is 9.58 Å². The molecule has 1 atom stereocenters. The molecule has 13 heavy (non-hydrogen) atoms. The fourth-order valence-corrected chi connectivity index (χ4v) is 1.61.